The van der Waals surface area contributed by atoms with Crippen molar-refractivity contribution in [1.29, 1.82) is 0 Å². The molecule has 3 rings (SSSR count). The van der Waals surface area contributed by atoms with Crippen LogP contribution >= 0.6 is 0 Å². The van der Waals surface area contributed by atoms with E-state index in [4.69, 9.17) is 14.2 Å². The average Bonchev–Trinajstić information content (AvgIpc) is 2.78. The highest BCUT2D eigenvalue weighted by Crippen LogP contribution is 2.38. The number of nitrogens with zero attached hydrogens (tertiary/aromatic N) is 2. The van der Waals surface area contributed by atoms with Crippen molar-refractivity contribution in [1.82, 2.24) is 15.2 Å². The fraction of sp³-hybridized carbons (Fsp3) is 0.381. The topological polar surface area (TPSA) is 90.0 Å². The number of carbonyl (C=O) groups is 2. The van der Waals surface area contributed by atoms with Crippen LogP contribution in [0.4, 0.5) is 0 Å². The Bertz CT molecular complexity index is 839. The van der Waals surface area contributed by atoms with Crippen molar-refractivity contribution in [2.24, 2.45) is 0 Å². The van der Waals surface area contributed by atoms with E-state index in [-0.39, 0.29) is 17.9 Å². The largest absolute Gasteiger partial charge is 0.493 e. The molecule has 0 atom stereocenters. The van der Waals surface area contributed by atoms with Crippen LogP contribution in [0, 0.1) is 0 Å². The molecule has 2 amide bonds. The number of pyridine rings is 1. The van der Waals surface area contributed by atoms with Crippen LogP contribution in [-0.2, 0) is 0 Å². The minimum absolute atomic E-state index is 0.0110. The molecular weight excluding hydrogens is 374 g/mol. The minimum Gasteiger partial charge on any atom is -0.493 e. The van der Waals surface area contributed by atoms with Gasteiger partial charge in [-0.1, -0.05) is 0 Å². The van der Waals surface area contributed by atoms with Crippen molar-refractivity contribution < 1.29 is 23.8 Å². The number of piperidine rings is 1. The van der Waals surface area contributed by atoms with E-state index in [1.165, 1.54) is 21.3 Å². The fourth-order valence-electron chi connectivity index (χ4n) is 3.38. The zero-order valence-corrected chi connectivity index (χ0v) is 16.8. The molecule has 2 aromatic rings. The summed E-state index contributed by atoms with van der Waals surface area (Å²) in [7, 11) is 4.53. The quantitative estimate of drug-likeness (QED) is 0.801. The Hall–Kier alpha value is -3.29. The summed E-state index contributed by atoms with van der Waals surface area (Å²) in [5, 5.41) is 3.04. The Morgan fingerprint density at radius 2 is 1.55 bits per heavy atom. The van der Waals surface area contributed by atoms with Crippen LogP contribution in [0.1, 0.15) is 33.6 Å². The lowest BCUT2D eigenvalue weighted by molar-refractivity contribution is 0.0698. The van der Waals surface area contributed by atoms with Crippen LogP contribution < -0.4 is 19.5 Å². The van der Waals surface area contributed by atoms with Gasteiger partial charge in [0.25, 0.3) is 11.8 Å². The molecule has 1 aliphatic heterocycles. The smallest absolute Gasteiger partial charge is 0.253 e. The van der Waals surface area contributed by atoms with E-state index in [0.717, 1.165) is 0 Å². The van der Waals surface area contributed by atoms with Gasteiger partial charge in [0.1, 0.15) is 0 Å². The molecule has 0 spiro atoms. The number of aromatic nitrogens is 1. The van der Waals surface area contributed by atoms with Gasteiger partial charge in [-0.3, -0.25) is 14.6 Å². The Morgan fingerprint density at radius 1 is 0.966 bits per heavy atom. The van der Waals surface area contributed by atoms with Crippen LogP contribution in [0.5, 0.6) is 17.2 Å². The van der Waals surface area contributed by atoms with E-state index >= 15 is 0 Å². The van der Waals surface area contributed by atoms with Gasteiger partial charge in [-0.05, 0) is 37.1 Å². The molecule has 0 radical (unpaired) electrons. The second kappa shape index (κ2) is 9.27. The highest BCUT2D eigenvalue weighted by Gasteiger charge is 2.25. The summed E-state index contributed by atoms with van der Waals surface area (Å²) in [6, 6.07) is 6.65. The van der Waals surface area contributed by atoms with Gasteiger partial charge in [-0.2, -0.15) is 0 Å². The lowest BCUT2D eigenvalue weighted by Gasteiger charge is -2.32. The normalized spacial score (nSPS) is 14.2. The maximum Gasteiger partial charge on any atom is 0.253 e. The molecule has 1 aromatic carbocycles. The molecule has 8 heteroatoms. The highest BCUT2D eigenvalue weighted by molar-refractivity contribution is 5.96. The van der Waals surface area contributed by atoms with E-state index in [0.29, 0.717) is 54.3 Å². The van der Waals surface area contributed by atoms with Crippen LogP contribution in [0.3, 0.4) is 0 Å². The number of benzene rings is 1. The third-order valence-electron chi connectivity index (χ3n) is 4.97. The van der Waals surface area contributed by atoms with Gasteiger partial charge in [-0.15, -0.1) is 0 Å². The molecule has 1 aliphatic rings. The van der Waals surface area contributed by atoms with Gasteiger partial charge in [0.2, 0.25) is 5.75 Å². The predicted octanol–water partition coefficient (Wildman–Crippen LogP) is 2.14. The van der Waals surface area contributed by atoms with Crippen LogP contribution in [0.15, 0.2) is 36.7 Å². The summed E-state index contributed by atoms with van der Waals surface area (Å²) in [6.07, 6.45) is 4.59. The summed E-state index contributed by atoms with van der Waals surface area (Å²) in [4.78, 5) is 31.0. The molecule has 1 fully saturated rings. The lowest BCUT2D eigenvalue weighted by atomic mass is 10.0. The van der Waals surface area contributed by atoms with Crippen molar-refractivity contribution in [2.75, 3.05) is 34.4 Å². The Kier molecular flexibility index (Phi) is 6.54. The number of nitrogens with one attached hydrogen (secondary N) is 1. The number of amides is 2. The van der Waals surface area contributed by atoms with Crippen LogP contribution in [0.2, 0.25) is 0 Å². The van der Waals surface area contributed by atoms with E-state index in [9.17, 15) is 9.59 Å². The third-order valence-corrected chi connectivity index (χ3v) is 4.97. The van der Waals surface area contributed by atoms with Crippen molar-refractivity contribution in [3.63, 3.8) is 0 Å². The second-order valence-corrected chi connectivity index (χ2v) is 6.69. The number of hydrogen-bond acceptors (Lipinski definition) is 6. The number of ether oxygens (including phenoxy) is 3. The number of hydrogen-bond donors (Lipinski definition) is 1. The van der Waals surface area contributed by atoms with Crippen molar-refractivity contribution in [2.45, 2.75) is 18.9 Å². The monoisotopic (exact) mass is 399 g/mol. The molecule has 1 saturated heterocycles. The van der Waals surface area contributed by atoms with Crippen LogP contribution in [0.25, 0.3) is 0 Å². The number of rotatable bonds is 6. The standard InChI is InChI=1S/C21H25N3O5/c1-27-17-12-15(13-18(28-2)19(17)29-3)20(25)23-16-6-10-24(11-7-16)21(26)14-4-8-22-9-5-14/h4-5,8-9,12-13,16H,6-7,10-11H2,1-3H3,(H,23,25). The van der Waals surface area contributed by atoms with E-state index in [1.54, 1.807) is 41.6 Å². The van der Waals surface area contributed by atoms with E-state index in [2.05, 4.69) is 10.3 Å². The number of methoxy groups -OCH3 is 3. The maximum absolute atomic E-state index is 12.7. The summed E-state index contributed by atoms with van der Waals surface area (Å²) >= 11 is 0. The van der Waals surface area contributed by atoms with Gasteiger partial charge in [0, 0.05) is 42.7 Å². The van der Waals surface area contributed by atoms with Gasteiger partial charge in [0.05, 0.1) is 21.3 Å². The predicted molar refractivity (Wildman–Crippen MR) is 107 cm³/mol. The zero-order chi connectivity index (χ0) is 20.8. The number of likely N-dealkylation sites (tertiary alicyclic amines) is 1. The molecule has 1 aromatic heterocycles. The first-order valence-electron chi connectivity index (χ1n) is 9.37. The zero-order valence-electron chi connectivity index (χ0n) is 16.8. The Morgan fingerprint density at radius 3 is 2.07 bits per heavy atom. The summed E-state index contributed by atoms with van der Waals surface area (Å²) in [5.41, 5.74) is 1.05. The molecular formula is C21H25N3O5. The van der Waals surface area contributed by atoms with E-state index in [1.807, 2.05) is 0 Å². The first-order chi connectivity index (χ1) is 14.1. The minimum atomic E-state index is -0.219. The molecule has 0 unspecified atom stereocenters. The average molecular weight is 399 g/mol. The molecule has 29 heavy (non-hydrogen) atoms. The lowest BCUT2D eigenvalue weighted by Crippen LogP contribution is -2.46. The number of carbonyl (C=O) groups excluding carboxylic acids is 2. The van der Waals surface area contributed by atoms with E-state index < -0.39 is 0 Å². The van der Waals surface area contributed by atoms with Gasteiger partial charge in [0.15, 0.2) is 11.5 Å². The van der Waals surface area contributed by atoms with Gasteiger partial charge in [-0.25, -0.2) is 0 Å². The van der Waals surface area contributed by atoms with Crippen molar-refractivity contribution in [3.8, 4) is 17.2 Å². The molecule has 2 heterocycles. The fourth-order valence-corrected chi connectivity index (χ4v) is 3.38. The second-order valence-electron chi connectivity index (χ2n) is 6.69. The first kappa shape index (κ1) is 20.4. The Labute approximate surface area is 169 Å². The molecule has 154 valence electrons. The molecule has 0 bridgehead atoms. The first-order valence-corrected chi connectivity index (χ1v) is 9.37. The molecule has 0 saturated carbocycles. The molecule has 1 N–H and O–H groups in total. The van der Waals surface area contributed by atoms with Gasteiger partial charge >= 0.3 is 0 Å². The summed E-state index contributed by atoms with van der Waals surface area (Å²) in [6.45, 7) is 1.17. The highest BCUT2D eigenvalue weighted by atomic mass is 16.5. The van der Waals surface area contributed by atoms with Crippen LogP contribution in [-0.4, -0.2) is 62.2 Å². The molecule has 0 aliphatic carbocycles. The Balaban J connectivity index is 1.62. The van der Waals surface area contributed by atoms with Crippen molar-refractivity contribution in [3.05, 3.63) is 47.8 Å². The van der Waals surface area contributed by atoms with Gasteiger partial charge < -0.3 is 24.4 Å². The molecule has 8 nitrogen and oxygen atoms in total. The van der Waals surface area contributed by atoms with Crippen molar-refractivity contribution >= 4 is 11.8 Å². The maximum atomic E-state index is 12.7. The summed E-state index contributed by atoms with van der Waals surface area (Å²) in [5.74, 6) is 1.06. The SMILES string of the molecule is COc1cc(C(=O)NC2CCN(C(=O)c3ccncc3)CC2)cc(OC)c1OC. The summed E-state index contributed by atoms with van der Waals surface area (Å²) < 4.78 is 15.9. The third kappa shape index (κ3) is 4.59.